The Morgan fingerprint density at radius 1 is 1.50 bits per heavy atom. The van der Waals surface area contributed by atoms with E-state index in [0.29, 0.717) is 12.5 Å². The van der Waals surface area contributed by atoms with Gasteiger partial charge in [-0.1, -0.05) is 26.2 Å². The van der Waals surface area contributed by atoms with Gasteiger partial charge in [-0.05, 0) is 26.3 Å². The van der Waals surface area contributed by atoms with E-state index >= 15 is 0 Å². The summed E-state index contributed by atoms with van der Waals surface area (Å²) < 4.78 is 5.73. The van der Waals surface area contributed by atoms with Crippen LogP contribution in [0.5, 0.6) is 0 Å². The maximum atomic E-state index is 11.0. The highest BCUT2D eigenvalue weighted by Crippen LogP contribution is 2.23. The minimum atomic E-state index is -0.831. The van der Waals surface area contributed by atoms with Gasteiger partial charge >= 0.3 is 5.97 Å². The fraction of sp³-hybridized carbons (Fsp3) is 0.917. The number of nitrogens with one attached hydrogen (secondary N) is 1. The van der Waals surface area contributed by atoms with Gasteiger partial charge in [0.1, 0.15) is 0 Å². The fourth-order valence-electron chi connectivity index (χ4n) is 2.31. The summed E-state index contributed by atoms with van der Waals surface area (Å²) in [7, 11) is 1.92. The van der Waals surface area contributed by atoms with E-state index in [1.165, 1.54) is 6.42 Å². The molecule has 0 heterocycles. The van der Waals surface area contributed by atoms with Crippen molar-refractivity contribution in [2.75, 3.05) is 7.05 Å². The van der Waals surface area contributed by atoms with Gasteiger partial charge in [0.25, 0.3) is 0 Å². The van der Waals surface area contributed by atoms with Crippen molar-refractivity contribution in [2.45, 2.75) is 63.7 Å². The molecule has 94 valence electrons. The first-order valence-corrected chi connectivity index (χ1v) is 6.24. The van der Waals surface area contributed by atoms with Gasteiger partial charge in [-0.25, -0.2) is 4.79 Å². The Morgan fingerprint density at radius 3 is 2.75 bits per heavy atom. The third-order valence-corrected chi connectivity index (χ3v) is 3.24. The number of ether oxygens (including phenoxy) is 1. The van der Waals surface area contributed by atoms with E-state index in [0.717, 1.165) is 25.7 Å². The molecule has 3 atom stereocenters. The molecule has 1 saturated carbocycles. The lowest BCUT2D eigenvalue weighted by atomic mass is 9.92. The standard InChI is InChI=1S/C12H23NO3/c1-3-6-11(12(14)15)16-10-8-5-4-7-9(10)13-2/h9-11,13H,3-8H2,1-2H3,(H,14,15). The minimum Gasteiger partial charge on any atom is -0.479 e. The third-order valence-electron chi connectivity index (χ3n) is 3.24. The molecule has 16 heavy (non-hydrogen) atoms. The van der Waals surface area contributed by atoms with Crippen molar-refractivity contribution in [3.8, 4) is 0 Å². The first-order valence-electron chi connectivity index (χ1n) is 6.24. The molecule has 0 radical (unpaired) electrons. The molecular formula is C12H23NO3. The molecule has 2 N–H and O–H groups in total. The van der Waals surface area contributed by atoms with Gasteiger partial charge in [0.2, 0.25) is 0 Å². The zero-order valence-corrected chi connectivity index (χ0v) is 10.2. The van der Waals surface area contributed by atoms with Gasteiger partial charge < -0.3 is 15.2 Å². The van der Waals surface area contributed by atoms with Crippen LogP contribution in [0.15, 0.2) is 0 Å². The van der Waals surface area contributed by atoms with Gasteiger partial charge in [0.05, 0.1) is 6.10 Å². The Hall–Kier alpha value is -0.610. The summed E-state index contributed by atoms with van der Waals surface area (Å²) in [6, 6.07) is 0.312. The van der Waals surface area contributed by atoms with Gasteiger partial charge in [-0.15, -0.1) is 0 Å². The predicted octanol–water partition coefficient (Wildman–Crippen LogP) is 1.79. The maximum absolute atomic E-state index is 11.0. The number of likely N-dealkylation sites (N-methyl/N-ethyl adjacent to an activating group) is 1. The molecule has 0 aromatic heterocycles. The summed E-state index contributed by atoms with van der Waals surface area (Å²) in [5.41, 5.74) is 0. The lowest BCUT2D eigenvalue weighted by Gasteiger charge is -2.33. The predicted molar refractivity (Wildman–Crippen MR) is 62.5 cm³/mol. The normalized spacial score (nSPS) is 27.6. The summed E-state index contributed by atoms with van der Waals surface area (Å²) >= 11 is 0. The van der Waals surface area contributed by atoms with E-state index in [2.05, 4.69) is 5.32 Å². The van der Waals surface area contributed by atoms with Crippen molar-refractivity contribution in [2.24, 2.45) is 0 Å². The zero-order chi connectivity index (χ0) is 12.0. The van der Waals surface area contributed by atoms with Crippen LogP contribution in [0.3, 0.4) is 0 Å². The number of hydrogen-bond acceptors (Lipinski definition) is 3. The second kappa shape index (κ2) is 6.86. The molecule has 1 fully saturated rings. The van der Waals surface area contributed by atoms with Crippen LogP contribution in [-0.4, -0.2) is 36.4 Å². The minimum absolute atomic E-state index is 0.0615. The Balaban J connectivity index is 2.50. The van der Waals surface area contributed by atoms with Crippen molar-refractivity contribution in [3.63, 3.8) is 0 Å². The molecule has 0 aromatic carbocycles. The van der Waals surface area contributed by atoms with Crippen molar-refractivity contribution >= 4 is 5.97 Å². The van der Waals surface area contributed by atoms with Gasteiger partial charge in [0.15, 0.2) is 6.10 Å². The molecule has 1 rings (SSSR count). The van der Waals surface area contributed by atoms with Crippen LogP contribution in [0.1, 0.15) is 45.4 Å². The summed E-state index contributed by atoms with van der Waals surface area (Å²) in [5.74, 6) is -0.831. The van der Waals surface area contributed by atoms with E-state index in [1.54, 1.807) is 0 Å². The second-order valence-corrected chi connectivity index (χ2v) is 4.47. The van der Waals surface area contributed by atoms with E-state index < -0.39 is 12.1 Å². The molecule has 0 aromatic rings. The number of carbonyl (C=O) groups is 1. The highest BCUT2D eigenvalue weighted by Gasteiger charge is 2.29. The van der Waals surface area contributed by atoms with Crippen molar-refractivity contribution in [1.82, 2.24) is 5.32 Å². The van der Waals surface area contributed by atoms with Crippen LogP contribution in [0.2, 0.25) is 0 Å². The highest BCUT2D eigenvalue weighted by molar-refractivity contribution is 5.72. The van der Waals surface area contributed by atoms with E-state index in [4.69, 9.17) is 9.84 Å². The number of rotatable bonds is 6. The Labute approximate surface area is 97.4 Å². The first-order chi connectivity index (χ1) is 7.69. The number of hydrogen-bond donors (Lipinski definition) is 2. The van der Waals surface area contributed by atoms with Gasteiger partial charge in [-0.2, -0.15) is 0 Å². The second-order valence-electron chi connectivity index (χ2n) is 4.47. The zero-order valence-electron chi connectivity index (χ0n) is 10.2. The van der Waals surface area contributed by atoms with Crippen LogP contribution in [0.4, 0.5) is 0 Å². The Kier molecular flexibility index (Phi) is 5.77. The topological polar surface area (TPSA) is 58.6 Å². The monoisotopic (exact) mass is 229 g/mol. The summed E-state index contributed by atoms with van der Waals surface area (Å²) in [4.78, 5) is 11.0. The molecule has 0 spiro atoms. The van der Waals surface area contributed by atoms with Gasteiger partial charge in [-0.3, -0.25) is 0 Å². The lowest BCUT2D eigenvalue weighted by molar-refractivity contribution is -0.157. The van der Waals surface area contributed by atoms with Crippen LogP contribution in [0.25, 0.3) is 0 Å². The van der Waals surface area contributed by atoms with E-state index in [-0.39, 0.29) is 6.10 Å². The number of aliphatic carboxylic acids is 1. The largest absolute Gasteiger partial charge is 0.479 e. The van der Waals surface area contributed by atoms with Crippen LogP contribution >= 0.6 is 0 Å². The summed E-state index contributed by atoms with van der Waals surface area (Å²) in [6.07, 6.45) is 5.27. The average Bonchev–Trinajstić information content (AvgIpc) is 2.29. The summed E-state index contributed by atoms with van der Waals surface area (Å²) in [6.45, 7) is 1.98. The number of carboxylic acid groups (broad SMARTS) is 1. The summed E-state index contributed by atoms with van der Waals surface area (Å²) in [5, 5.41) is 12.3. The molecule has 0 aliphatic heterocycles. The molecule has 3 unspecified atom stereocenters. The maximum Gasteiger partial charge on any atom is 0.332 e. The van der Waals surface area contributed by atoms with E-state index in [1.807, 2.05) is 14.0 Å². The Morgan fingerprint density at radius 2 is 2.19 bits per heavy atom. The van der Waals surface area contributed by atoms with Crippen LogP contribution in [-0.2, 0) is 9.53 Å². The molecule has 0 bridgehead atoms. The van der Waals surface area contributed by atoms with Crippen LogP contribution < -0.4 is 5.32 Å². The van der Waals surface area contributed by atoms with Crippen LogP contribution in [0, 0.1) is 0 Å². The molecule has 4 nitrogen and oxygen atoms in total. The molecule has 0 saturated heterocycles. The lowest BCUT2D eigenvalue weighted by Crippen LogP contribution is -2.44. The van der Waals surface area contributed by atoms with Gasteiger partial charge in [0, 0.05) is 6.04 Å². The quantitative estimate of drug-likeness (QED) is 0.729. The average molecular weight is 229 g/mol. The smallest absolute Gasteiger partial charge is 0.332 e. The van der Waals surface area contributed by atoms with E-state index in [9.17, 15) is 4.79 Å². The number of carboxylic acids is 1. The Bertz CT molecular complexity index is 220. The first kappa shape index (κ1) is 13.5. The SMILES string of the molecule is CCCC(OC1CCCCC1NC)C(=O)O. The highest BCUT2D eigenvalue weighted by atomic mass is 16.5. The fourth-order valence-corrected chi connectivity index (χ4v) is 2.31. The van der Waals surface area contributed by atoms with Crippen molar-refractivity contribution in [1.29, 1.82) is 0 Å². The third kappa shape index (κ3) is 3.76. The molecule has 0 amide bonds. The van der Waals surface area contributed by atoms with Crippen molar-refractivity contribution < 1.29 is 14.6 Å². The molecule has 4 heteroatoms. The van der Waals surface area contributed by atoms with Crippen molar-refractivity contribution in [3.05, 3.63) is 0 Å². The molecular weight excluding hydrogens is 206 g/mol. The molecule has 1 aliphatic carbocycles. The molecule has 1 aliphatic rings.